The molecular formula is C13H16N2OS. The highest BCUT2D eigenvalue weighted by Crippen LogP contribution is 2.24. The van der Waals surface area contributed by atoms with E-state index >= 15 is 0 Å². The Morgan fingerprint density at radius 1 is 1.47 bits per heavy atom. The van der Waals surface area contributed by atoms with Gasteiger partial charge >= 0.3 is 0 Å². The molecule has 3 N–H and O–H groups in total. The molecule has 1 unspecified atom stereocenters. The fourth-order valence-corrected chi connectivity index (χ4v) is 2.40. The molecule has 0 aliphatic carbocycles. The van der Waals surface area contributed by atoms with Crippen LogP contribution in [0.25, 0.3) is 10.1 Å². The fraction of sp³-hybridized carbons (Fsp3) is 0.308. The zero-order chi connectivity index (χ0) is 12.3. The zero-order valence-corrected chi connectivity index (χ0v) is 10.6. The molecule has 1 aromatic heterocycles. The second-order valence-electron chi connectivity index (χ2n) is 4.24. The van der Waals surface area contributed by atoms with E-state index in [0.717, 1.165) is 5.69 Å². The number of amides is 1. The Morgan fingerprint density at radius 2 is 2.29 bits per heavy atom. The smallest absolute Gasteiger partial charge is 0.224 e. The van der Waals surface area contributed by atoms with Crippen LogP contribution < -0.4 is 11.1 Å². The molecule has 3 nitrogen and oxygen atoms in total. The highest BCUT2D eigenvalue weighted by Gasteiger charge is 2.05. The minimum absolute atomic E-state index is 0.0249. The topological polar surface area (TPSA) is 55.1 Å². The summed E-state index contributed by atoms with van der Waals surface area (Å²) >= 11 is 1.70. The number of nitrogens with two attached hydrogens (primary N) is 1. The standard InChI is InChI=1S/C13H16N2OS/c1-9(14)2-5-13(16)15-11-3-4-12-10(8-11)6-7-17-12/h3-4,6-9H,2,5,14H2,1H3,(H,15,16). The number of thiophene rings is 1. The molecule has 2 aromatic rings. The Morgan fingerprint density at radius 3 is 3.06 bits per heavy atom. The van der Waals surface area contributed by atoms with Crippen molar-refractivity contribution in [2.24, 2.45) is 5.73 Å². The van der Waals surface area contributed by atoms with Gasteiger partial charge in [-0.1, -0.05) is 0 Å². The minimum atomic E-state index is 0.0249. The molecule has 0 radical (unpaired) electrons. The first-order chi connectivity index (χ1) is 8.15. The van der Waals surface area contributed by atoms with E-state index in [-0.39, 0.29) is 11.9 Å². The molecule has 0 fully saturated rings. The summed E-state index contributed by atoms with van der Waals surface area (Å²) in [7, 11) is 0. The largest absolute Gasteiger partial charge is 0.328 e. The van der Waals surface area contributed by atoms with Crippen molar-refractivity contribution in [1.82, 2.24) is 0 Å². The first kappa shape index (κ1) is 12.1. The van der Waals surface area contributed by atoms with Gasteiger partial charge in [-0.2, -0.15) is 0 Å². The predicted octanol–water partition coefficient (Wildman–Crippen LogP) is 2.97. The van der Waals surface area contributed by atoms with Crippen molar-refractivity contribution in [1.29, 1.82) is 0 Å². The number of benzene rings is 1. The molecule has 0 bridgehead atoms. The van der Waals surface area contributed by atoms with Gasteiger partial charge in [0, 0.05) is 22.8 Å². The minimum Gasteiger partial charge on any atom is -0.328 e. The van der Waals surface area contributed by atoms with Crippen molar-refractivity contribution in [2.75, 3.05) is 5.32 Å². The van der Waals surface area contributed by atoms with Crippen molar-refractivity contribution in [3.8, 4) is 0 Å². The molecule has 4 heteroatoms. The number of nitrogens with one attached hydrogen (secondary N) is 1. The van der Waals surface area contributed by atoms with Gasteiger partial charge in [-0.3, -0.25) is 4.79 Å². The first-order valence-corrected chi connectivity index (χ1v) is 6.56. The van der Waals surface area contributed by atoms with Crippen molar-refractivity contribution in [3.05, 3.63) is 29.6 Å². The maximum atomic E-state index is 11.6. The van der Waals surface area contributed by atoms with Gasteiger partial charge < -0.3 is 11.1 Å². The third-order valence-corrected chi connectivity index (χ3v) is 3.46. The van der Waals surface area contributed by atoms with E-state index in [2.05, 4.69) is 11.4 Å². The van der Waals surface area contributed by atoms with E-state index in [0.29, 0.717) is 12.8 Å². The van der Waals surface area contributed by atoms with Crippen LogP contribution in [0.3, 0.4) is 0 Å². The number of hydrogen-bond donors (Lipinski definition) is 2. The van der Waals surface area contributed by atoms with Crippen molar-refractivity contribution in [3.63, 3.8) is 0 Å². The van der Waals surface area contributed by atoms with E-state index in [1.807, 2.05) is 30.5 Å². The summed E-state index contributed by atoms with van der Waals surface area (Å²) < 4.78 is 1.23. The predicted molar refractivity (Wildman–Crippen MR) is 73.3 cm³/mol. The van der Waals surface area contributed by atoms with Gasteiger partial charge in [-0.05, 0) is 48.4 Å². The monoisotopic (exact) mass is 248 g/mol. The lowest BCUT2D eigenvalue weighted by atomic mass is 10.2. The normalized spacial score (nSPS) is 12.6. The third-order valence-electron chi connectivity index (χ3n) is 2.56. The number of hydrogen-bond acceptors (Lipinski definition) is 3. The average Bonchev–Trinajstić information content (AvgIpc) is 2.73. The molecular weight excluding hydrogens is 232 g/mol. The Balaban J connectivity index is 2.00. The second kappa shape index (κ2) is 5.29. The van der Waals surface area contributed by atoms with Crippen molar-refractivity contribution in [2.45, 2.75) is 25.8 Å². The van der Waals surface area contributed by atoms with Gasteiger partial charge in [0.2, 0.25) is 5.91 Å². The summed E-state index contributed by atoms with van der Waals surface area (Å²) in [5.74, 6) is 0.0249. The molecule has 0 spiro atoms. The Kier molecular flexibility index (Phi) is 3.76. The Labute approximate surface area is 105 Å². The number of anilines is 1. The van der Waals surface area contributed by atoms with Crippen molar-refractivity contribution >= 4 is 33.0 Å². The van der Waals surface area contributed by atoms with Crippen LogP contribution in [-0.2, 0) is 4.79 Å². The van der Waals surface area contributed by atoms with Crippen LogP contribution in [0, 0.1) is 0 Å². The molecule has 17 heavy (non-hydrogen) atoms. The van der Waals surface area contributed by atoms with Crippen LogP contribution in [0.2, 0.25) is 0 Å². The Hall–Kier alpha value is -1.39. The number of carbonyl (C=O) groups is 1. The summed E-state index contributed by atoms with van der Waals surface area (Å²) in [6.45, 7) is 1.91. The maximum absolute atomic E-state index is 11.6. The zero-order valence-electron chi connectivity index (χ0n) is 9.77. The molecule has 1 aromatic carbocycles. The maximum Gasteiger partial charge on any atom is 0.224 e. The average molecular weight is 248 g/mol. The molecule has 2 rings (SSSR count). The van der Waals surface area contributed by atoms with Crippen LogP contribution >= 0.6 is 11.3 Å². The van der Waals surface area contributed by atoms with Gasteiger partial charge in [0.05, 0.1) is 0 Å². The second-order valence-corrected chi connectivity index (χ2v) is 5.19. The molecule has 1 heterocycles. The molecule has 0 aliphatic rings. The van der Waals surface area contributed by atoms with E-state index in [1.165, 1.54) is 10.1 Å². The van der Waals surface area contributed by atoms with E-state index in [1.54, 1.807) is 11.3 Å². The Bertz CT molecular complexity index is 519. The molecule has 1 atom stereocenters. The number of carbonyl (C=O) groups excluding carboxylic acids is 1. The molecule has 0 saturated heterocycles. The highest BCUT2D eigenvalue weighted by atomic mass is 32.1. The fourth-order valence-electron chi connectivity index (χ4n) is 1.63. The molecule has 90 valence electrons. The van der Waals surface area contributed by atoms with E-state index < -0.39 is 0 Å². The van der Waals surface area contributed by atoms with Crippen LogP contribution in [0.4, 0.5) is 5.69 Å². The number of rotatable bonds is 4. The summed E-state index contributed by atoms with van der Waals surface area (Å²) in [6, 6.07) is 8.08. The SMILES string of the molecule is CC(N)CCC(=O)Nc1ccc2sccc2c1. The van der Waals surface area contributed by atoms with Crippen LogP contribution in [0.5, 0.6) is 0 Å². The lowest BCUT2D eigenvalue weighted by Crippen LogP contribution is -2.19. The molecule has 0 aliphatic heterocycles. The van der Waals surface area contributed by atoms with Gasteiger partial charge in [0.25, 0.3) is 0 Å². The molecule has 0 saturated carbocycles. The van der Waals surface area contributed by atoms with Gasteiger partial charge in [-0.25, -0.2) is 0 Å². The molecule has 1 amide bonds. The lowest BCUT2D eigenvalue weighted by Gasteiger charge is -2.07. The quantitative estimate of drug-likeness (QED) is 0.874. The third kappa shape index (κ3) is 3.28. The van der Waals surface area contributed by atoms with Crippen molar-refractivity contribution < 1.29 is 4.79 Å². The van der Waals surface area contributed by atoms with E-state index in [9.17, 15) is 4.79 Å². The van der Waals surface area contributed by atoms with Gasteiger partial charge in [0.1, 0.15) is 0 Å². The summed E-state index contributed by atoms with van der Waals surface area (Å²) in [5, 5.41) is 6.10. The van der Waals surface area contributed by atoms with Gasteiger partial charge in [0.15, 0.2) is 0 Å². The number of fused-ring (bicyclic) bond motifs is 1. The summed E-state index contributed by atoms with van der Waals surface area (Å²) in [5.41, 5.74) is 6.47. The highest BCUT2D eigenvalue weighted by molar-refractivity contribution is 7.17. The lowest BCUT2D eigenvalue weighted by molar-refractivity contribution is -0.116. The van der Waals surface area contributed by atoms with Crippen LogP contribution in [0.1, 0.15) is 19.8 Å². The van der Waals surface area contributed by atoms with Gasteiger partial charge in [-0.15, -0.1) is 11.3 Å². The summed E-state index contributed by atoms with van der Waals surface area (Å²) in [4.78, 5) is 11.6. The van der Waals surface area contributed by atoms with Crippen LogP contribution in [0.15, 0.2) is 29.6 Å². The first-order valence-electron chi connectivity index (χ1n) is 5.68. The van der Waals surface area contributed by atoms with Crippen LogP contribution in [-0.4, -0.2) is 11.9 Å². The van der Waals surface area contributed by atoms with E-state index in [4.69, 9.17) is 5.73 Å². The summed E-state index contributed by atoms with van der Waals surface area (Å²) in [6.07, 6.45) is 1.19.